The summed E-state index contributed by atoms with van der Waals surface area (Å²) < 4.78 is 5.67. The van der Waals surface area contributed by atoms with Crippen LogP contribution in [-0.2, 0) is 0 Å². The van der Waals surface area contributed by atoms with E-state index in [1.54, 1.807) is 30.6 Å². The summed E-state index contributed by atoms with van der Waals surface area (Å²) in [6.07, 6.45) is 3.33. The molecule has 4 rings (SSSR count). The normalized spacial score (nSPS) is 12.4. The lowest BCUT2D eigenvalue weighted by atomic mass is 10.2. The van der Waals surface area contributed by atoms with Crippen LogP contribution in [0.3, 0.4) is 0 Å². The number of rotatable bonds is 4. The minimum atomic E-state index is -0.156. The van der Waals surface area contributed by atoms with Crippen molar-refractivity contribution in [3.05, 3.63) is 65.0 Å². The molecule has 0 radical (unpaired) electrons. The zero-order valence-corrected chi connectivity index (χ0v) is 14.0. The molecule has 0 aliphatic heterocycles. The molecule has 0 aliphatic rings. The highest BCUT2D eigenvalue weighted by molar-refractivity contribution is 7.99. The molecule has 0 amide bonds. The van der Waals surface area contributed by atoms with Crippen molar-refractivity contribution >= 4 is 22.7 Å². The lowest BCUT2D eigenvalue weighted by Crippen LogP contribution is -2.12. The second-order valence-electron chi connectivity index (χ2n) is 5.34. The second kappa shape index (κ2) is 6.48. The highest BCUT2D eigenvalue weighted by Crippen LogP contribution is 2.33. The van der Waals surface area contributed by atoms with Gasteiger partial charge >= 0.3 is 0 Å². The fourth-order valence-corrected chi connectivity index (χ4v) is 3.11. The molecule has 1 atom stereocenters. The Morgan fingerprint density at radius 3 is 2.76 bits per heavy atom. The van der Waals surface area contributed by atoms with Crippen molar-refractivity contribution in [3.8, 4) is 11.5 Å². The average molecular weight is 351 g/mol. The van der Waals surface area contributed by atoms with Gasteiger partial charge in [0, 0.05) is 18.0 Å². The van der Waals surface area contributed by atoms with E-state index in [9.17, 15) is 4.79 Å². The third-order valence-corrected chi connectivity index (χ3v) is 4.57. The van der Waals surface area contributed by atoms with Gasteiger partial charge in [-0.05, 0) is 31.2 Å². The summed E-state index contributed by atoms with van der Waals surface area (Å²) in [7, 11) is 0. The fraction of sp³-hybridized carbons (Fsp3) is 0.118. The standard InChI is InChI=1S/C17H13N5O2S/c1-10(14-19-13-5-3-2-4-12(13)15(23)20-14)25-17-22-21-16(24-17)11-6-8-18-9-7-11/h2-10H,1H3,(H,19,20,23). The Morgan fingerprint density at radius 1 is 1.12 bits per heavy atom. The Labute approximate surface area is 146 Å². The molecule has 0 saturated heterocycles. The van der Waals surface area contributed by atoms with E-state index in [1.165, 1.54) is 11.8 Å². The smallest absolute Gasteiger partial charge is 0.277 e. The zero-order chi connectivity index (χ0) is 17.2. The van der Waals surface area contributed by atoms with Gasteiger partial charge < -0.3 is 9.40 Å². The van der Waals surface area contributed by atoms with E-state index in [0.717, 1.165) is 5.56 Å². The van der Waals surface area contributed by atoms with E-state index in [-0.39, 0.29) is 10.8 Å². The molecule has 0 saturated carbocycles. The lowest BCUT2D eigenvalue weighted by Gasteiger charge is -2.08. The molecular weight excluding hydrogens is 338 g/mol. The molecular formula is C17H13N5O2S. The molecule has 3 aromatic heterocycles. The molecule has 7 nitrogen and oxygen atoms in total. The average Bonchev–Trinajstić information content (AvgIpc) is 3.11. The first-order chi connectivity index (χ1) is 12.2. The van der Waals surface area contributed by atoms with Crippen molar-refractivity contribution < 1.29 is 4.42 Å². The van der Waals surface area contributed by atoms with Gasteiger partial charge in [0.1, 0.15) is 5.82 Å². The van der Waals surface area contributed by atoms with E-state index in [1.807, 2.05) is 25.1 Å². The third kappa shape index (κ3) is 3.16. The van der Waals surface area contributed by atoms with Crippen LogP contribution >= 0.6 is 11.8 Å². The van der Waals surface area contributed by atoms with E-state index >= 15 is 0 Å². The predicted molar refractivity (Wildman–Crippen MR) is 94.2 cm³/mol. The predicted octanol–water partition coefficient (Wildman–Crippen LogP) is 3.22. The highest BCUT2D eigenvalue weighted by Gasteiger charge is 2.17. The summed E-state index contributed by atoms with van der Waals surface area (Å²) in [5.74, 6) is 0.995. The van der Waals surface area contributed by atoms with Gasteiger partial charge in [0.15, 0.2) is 0 Å². The van der Waals surface area contributed by atoms with Crippen LogP contribution in [-0.4, -0.2) is 25.1 Å². The monoisotopic (exact) mass is 351 g/mol. The number of aromatic nitrogens is 5. The minimum absolute atomic E-state index is 0.150. The molecule has 0 spiro atoms. The molecule has 8 heteroatoms. The van der Waals surface area contributed by atoms with Crippen LogP contribution in [0.15, 0.2) is 63.2 Å². The molecule has 3 heterocycles. The Kier molecular flexibility index (Phi) is 4.02. The minimum Gasteiger partial charge on any atom is -0.411 e. The number of pyridine rings is 1. The van der Waals surface area contributed by atoms with Gasteiger partial charge in [-0.25, -0.2) is 4.98 Å². The number of H-pyrrole nitrogens is 1. The number of fused-ring (bicyclic) bond motifs is 1. The molecule has 1 aromatic carbocycles. The number of nitrogens with zero attached hydrogens (tertiary/aromatic N) is 4. The largest absolute Gasteiger partial charge is 0.411 e. The molecule has 0 fully saturated rings. The summed E-state index contributed by atoms with van der Waals surface area (Å²) in [5, 5.41) is 8.92. The number of nitrogens with one attached hydrogen (secondary N) is 1. The van der Waals surface area contributed by atoms with Crippen molar-refractivity contribution in [2.45, 2.75) is 17.4 Å². The first kappa shape index (κ1) is 15.5. The number of benzene rings is 1. The Bertz CT molecular complexity index is 1080. The van der Waals surface area contributed by atoms with E-state index in [0.29, 0.717) is 27.8 Å². The molecule has 124 valence electrons. The first-order valence-electron chi connectivity index (χ1n) is 7.60. The number of aromatic amines is 1. The molecule has 1 N–H and O–H groups in total. The van der Waals surface area contributed by atoms with Crippen LogP contribution in [0.1, 0.15) is 18.0 Å². The van der Waals surface area contributed by atoms with Crippen molar-refractivity contribution in [3.63, 3.8) is 0 Å². The van der Waals surface area contributed by atoms with Crippen LogP contribution in [0.2, 0.25) is 0 Å². The second-order valence-corrected chi connectivity index (χ2v) is 6.63. The van der Waals surface area contributed by atoms with Crippen LogP contribution in [0.5, 0.6) is 0 Å². The quantitative estimate of drug-likeness (QED) is 0.564. The van der Waals surface area contributed by atoms with Crippen molar-refractivity contribution in [2.75, 3.05) is 0 Å². The van der Waals surface area contributed by atoms with Crippen LogP contribution in [0.4, 0.5) is 0 Å². The molecule has 25 heavy (non-hydrogen) atoms. The molecule has 0 aliphatic carbocycles. The Hall–Kier alpha value is -3.00. The maximum absolute atomic E-state index is 12.2. The number of hydrogen-bond donors (Lipinski definition) is 1. The topological polar surface area (TPSA) is 97.6 Å². The maximum Gasteiger partial charge on any atom is 0.277 e. The highest BCUT2D eigenvalue weighted by atomic mass is 32.2. The van der Waals surface area contributed by atoms with Gasteiger partial charge in [-0.1, -0.05) is 23.9 Å². The Balaban J connectivity index is 1.59. The summed E-state index contributed by atoms with van der Waals surface area (Å²) >= 11 is 1.34. The van der Waals surface area contributed by atoms with Crippen LogP contribution in [0.25, 0.3) is 22.4 Å². The SMILES string of the molecule is CC(Sc1nnc(-c2ccncc2)o1)c1nc2ccccc2c(=O)[nH]1. The third-order valence-electron chi connectivity index (χ3n) is 3.63. The van der Waals surface area contributed by atoms with Gasteiger partial charge in [0.05, 0.1) is 16.2 Å². The van der Waals surface area contributed by atoms with Gasteiger partial charge in [-0.2, -0.15) is 0 Å². The lowest BCUT2D eigenvalue weighted by molar-refractivity contribution is 0.465. The van der Waals surface area contributed by atoms with Crippen molar-refractivity contribution in [2.24, 2.45) is 0 Å². The Morgan fingerprint density at radius 2 is 1.92 bits per heavy atom. The zero-order valence-electron chi connectivity index (χ0n) is 13.2. The van der Waals surface area contributed by atoms with E-state index < -0.39 is 0 Å². The first-order valence-corrected chi connectivity index (χ1v) is 8.48. The number of thioether (sulfide) groups is 1. The summed E-state index contributed by atoms with van der Waals surface area (Å²) in [5.41, 5.74) is 1.31. The van der Waals surface area contributed by atoms with Crippen LogP contribution < -0.4 is 5.56 Å². The molecule has 0 bridgehead atoms. The summed E-state index contributed by atoms with van der Waals surface area (Å²) in [6.45, 7) is 1.92. The molecule has 1 unspecified atom stereocenters. The van der Waals surface area contributed by atoms with Gasteiger partial charge in [0.25, 0.3) is 10.8 Å². The number of para-hydroxylation sites is 1. The number of hydrogen-bond acceptors (Lipinski definition) is 7. The van der Waals surface area contributed by atoms with E-state index in [4.69, 9.17) is 4.42 Å². The van der Waals surface area contributed by atoms with E-state index in [2.05, 4.69) is 25.1 Å². The van der Waals surface area contributed by atoms with Crippen LogP contribution in [0, 0.1) is 0 Å². The summed E-state index contributed by atoms with van der Waals surface area (Å²) in [6, 6.07) is 10.8. The van der Waals surface area contributed by atoms with Gasteiger partial charge in [-0.3, -0.25) is 9.78 Å². The fourth-order valence-electron chi connectivity index (χ4n) is 2.37. The van der Waals surface area contributed by atoms with Crippen molar-refractivity contribution in [1.29, 1.82) is 0 Å². The maximum atomic E-state index is 12.2. The molecule has 4 aromatic rings. The van der Waals surface area contributed by atoms with Crippen molar-refractivity contribution in [1.82, 2.24) is 25.1 Å². The van der Waals surface area contributed by atoms with Gasteiger partial charge in [0.2, 0.25) is 5.89 Å². The summed E-state index contributed by atoms with van der Waals surface area (Å²) in [4.78, 5) is 23.5. The van der Waals surface area contributed by atoms with Gasteiger partial charge in [-0.15, -0.1) is 10.2 Å².